The third-order valence-corrected chi connectivity index (χ3v) is 25.6. The molecule has 0 N–H and O–H groups in total. The third-order valence-electron chi connectivity index (χ3n) is 25.6. The molecule has 19 aromatic rings. The largest absolute Gasteiger partial charge is 0.456 e. The van der Waals surface area contributed by atoms with E-state index in [1.54, 1.807) is 0 Å². The molecule has 17 aromatic carbocycles. The van der Waals surface area contributed by atoms with E-state index in [0.717, 1.165) is 86.1 Å². The molecule has 0 aliphatic heterocycles. The van der Waals surface area contributed by atoms with Crippen molar-refractivity contribution in [2.75, 3.05) is 9.80 Å². The lowest BCUT2D eigenvalue weighted by molar-refractivity contribution is 0.424. The van der Waals surface area contributed by atoms with E-state index in [9.17, 15) is 0 Å². The Labute approximate surface area is 671 Å². The van der Waals surface area contributed by atoms with E-state index in [-0.39, 0.29) is 5.41 Å². The number of fused-ring (bicyclic) bond motifs is 13. The molecule has 4 nitrogen and oxygen atoms in total. The predicted molar refractivity (Wildman–Crippen MR) is 478 cm³/mol. The van der Waals surface area contributed by atoms with Gasteiger partial charge in [0, 0.05) is 72.4 Å². The van der Waals surface area contributed by atoms with Crippen LogP contribution < -0.4 is 9.80 Å². The molecule has 2 heterocycles. The zero-order valence-corrected chi connectivity index (χ0v) is 64.0. The minimum absolute atomic E-state index is 0.384. The van der Waals surface area contributed by atoms with E-state index in [2.05, 4.69) is 435 Å². The molecule has 0 amide bonds. The summed E-state index contributed by atoms with van der Waals surface area (Å²) in [6, 6.07) is 156. The summed E-state index contributed by atoms with van der Waals surface area (Å²) >= 11 is 0. The summed E-state index contributed by atoms with van der Waals surface area (Å²) < 4.78 is 8.87. The highest BCUT2D eigenvalue weighted by atomic mass is 16.3. The summed E-state index contributed by atoms with van der Waals surface area (Å²) in [7, 11) is 0. The van der Waals surface area contributed by atoms with Crippen molar-refractivity contribution < 1.29 is 4.42 Å². The van der Waals surface area contributed by atoms with Gasteiger partial charge in [-0.25, -0.2) is 0 Å². The molecule has 2 aromatic heterocycles. The van der Waals surface area contributed by atoms with Gasteiger partial charge in [-0.05, 0) is 252 Å². The van der Waals surface area contributed by atoms with E-state index in [0.29, 0.717) is 0 Å². The fourth-order valence-electron chi connectivity index (χ4n) is 19.9. The highest BCUT2D eigenvalue weighted by Gasteiger charge is 2.48. The molecule has 544 valence electrons. The summed E-state index contributed by atoms with van der Waals surface area (Å²) in [6.07, 6.45) is 1.77. The van der Waals surface area contributed by atoms with Crippen molar-refractivity contribution in [3.05, 3.63) is 463 Å². The molecule has 0 spiro atoms. The van der Waals surface area contributed by atoms with Gasteiger partial charge < -0.3 is 18.8 Å². The average Bonchev–Trinajstić information content (AvgIpc) is 1.55. The van der Waals surface area contributed by atoms with Crippen LogP contribution >= 0.6 is 0 Å². The quantitative estimate of drug-likeness (QED) is 0.0964. The van der Waals surface area contributed by atoms with E-state index < -0.39 is 10.8 Å². The van der Waals surface area contributed by atoms with Gasteiger partial charge in [0.05, 0.1) is 16.4 Å². The van der Waals surface area contributed by atoms with Crippen LogP contribution in [-0.2, 0) is 16.2 Å². The fraction of sp³-hybridized carbons (Fsp3) is 0.0631. The molecular weight excluding hydrogens is 1390 g/mol. The van der Waals surface area contributed by atoms with Crippen LogP contribution in [-0.4, -0.2) is 4.57 Å². The van der Waals surface area contributed by atoms with Crippen molar-refractivity contribution >= 4 is 66.9 Å². The van der Waals surface area contributed by atoms with Gasteiger partial charge in [-0.1, -0.05) is 305 Å². The Balaban J connectivity index is 0.655. The van der Waals surface area contributed by atoms with Crippen molar-refractivity contribution in [2.45, 2.75) is 42.9 Å². The molecule has 0 saturated heterocycles. The van der Waals surface area contributed by atoms with Crippen LogP contribution in [0.15, 0.2) is 423 Å². The van der Waals surface area contributed by atoms with Crippen molar-refractivity contribution in [3.8, 4) is 83.8 Å². The van der Waals surface area contributed by atoms with Crippen molar-refractivity contribution in [1.29, 1.82) is 0 Å². The topological polar surface area (TPSA) is 24.6 Å². The summed E-state index contributed by atoms with van der Waals surface area (Å²) in [5, 5.41) is 3.55. The molecule has 0 saturated carbocycles. The summed E-state index contributed by atoms with van der Waals surface area (Å²) in [6.45, 7) is 5.06. The van der Waals surface area contributed by atoms with Crippen LogP contribution in [0.5, 0.6) is 0 Å². The molecule has 4 heteroatoms. The van der Waals surface area contributed by atoms with Crippen LogP contribution in [0.25, 0.3) is 117 Å². The zero-order valence-electron chi connectivity index (χ0n) is 64.0. The highest BCUT2D eigenvalue weighted by Crippen LogP contribution is 2.61. The number of rotatable bonds is 16. The molecule has 22 rings (SSSR count). The Hall–Kier alpha value is -14.3. The van der Waals surface area contributed by atoms with Crippen LogP contribution in [0, 0.1) is 0 Å². The second-order valence-electron chi connectivity index (χ2n) is 31.8. The molecule has 0 bridgehead atoms. The number of para-hydroxylation sites is 3. The van der Waals surface area contributed by atoms with Gasteiger partial charge in [-0.3, -0.25) is 0 Å². The third kappa shape index (κ3) is 10.9. The minimum atomic E-state index is -0.587. The highest BCUT2D eigenvalue weighted by molar-refractivity contribution is 6.10. The smallest absolute Gasteiger partial charge is 0.135 e. The Morgan fingerprint density at radius 2 is 0.617 bits per heavy atom. The van der Waals surface area contributed by atoms with Gasteiger partial charge in [-0.2, -0.15) is 0 Å². The van der Waals surface area contributed by atoms with Crippen molar-refractivity contribution in [3.63, 3.8) is 0 Å². The summed E-state index contributed by atoms with van der Waals surface area (Å²) in [4.78, 5) is 4.98. The SMILES string of the molecule is CC1(CCC2(C)c3ccccc3-c3ccc(N(c4ccc(-c5ccc(-c6ccccc6)cc5)cc4)c4ccc5c(c4)C(c4ccccc4)(c4ccccc4)c4ccccc4-5)cc32)c2ccccc2-c2ccc(N(c3ccc(-c4ccc5c(c4)c4ccccc4n5-c4ccccc4)cc3)c3ccc(-c4cc5ccccc5o4)cc3)cc21. The van der Waals surface area contributed by atoms with E-state index in [1.165, 1.54) is 122 Å². The Morgan fingerprint density at radius 1 is 0.252 bits per heavy atom. The Kier molecular flexibility index (Phi) is 15.9. The number of hydrogen-bond donors (Lipinski definition) is 0. The maximum Gasteiger partial charge on any atom is 0.135 e. The Bertz CT molecular complexity index is 6890. The van der Waals surface area contributed by atoms with E-state index in [1.807, 2.05) is 12.1 Å². The fourth-order valence-corrected chi connectivity index (χ4v) is 19.9. The molecule has 3 aliphatic rings. The lowest BCUT2D eigenvalue weighted by Gasteiger charge is -2.36. The first-order valence-electron chi connectivity index (χ1n) is 40.2. The molecule has 115 heavy (non-hydrogen) atoms. The maximum atomic E-state index is 6.48. The Morgan fingerprint density at radius 3 is 1.16 bits per heavy atom. The van der Waals surface area contributed by atoms with Gasteiger partial charge >= 0.3 is 0 Å². The number of furan rings is 1. The van der Waals surface area contributed by atoms with Crippen LogP contribution in [0.2, 0.25) is 0 Å². The van der Waals surface area contributed by atoms with Gasteiger partial charge in [0.15, 0.2) is 0 Å². The molecule has 2 unspecified atom stereocenters. The van der Waals surface area contributed by atoms with Crippen LogP contribution in [0.4, 0.5) is 34.1 Å². The van der Waals surface area contributed by atoms with Gasteiger partial charge in [0.25, 0.3) is 0 Å². The maximum absolute atomic E-state index is 6.48. The number of anilines is 6. The first kappa shape index (κ1) is 67.6. The van der Waals surface area contributed by atoms with Gasteiger partial charge in [0.2, 0.25) is 0 Å². The molecule has 0 radical (unpaired) electrons. The average molecular weight is 1470 g/mol. The molecule has 2 atom stereocenters. The zero-order chi connectivity index (χ0) is 76.4. The standard InChI is InChI=1S/C111H79N3O/c1-109(99-38-20-16-34-91(99)94-63-60-88(71-102(94)109)112(86-58-51-79(52-59-86)108-70-81-27-15-24-42-107(81)115-108)85-56-49-78(50-57-85)80-53-66-106-98(69-80)97-37-19-23-41-105(97)114(106)84-32-13-6-14-33-84)67-68-110(2)100-39-21-17-35-92(100)95-64-61-89(72-103(95)110)113(87-54-47-77(48-55-87)76-45-43-75(44-46-76)74-25-7-3-8-26-74)90-62-65-96-93-36-18-22-40-101(93)111(104(96)73-90,82-28-9-4-10-29-82)83-30-11-5-12-31-83/h3-66,69-73H,67-68H2,1-2H3. The minimum Gasteiger partial charge on any atom is -0.456 e. The monoisotopic (exact) mass is 1470 g/mol. The van der Waals surface area contributed by atoms with Gasteiger partial charge in [0.1, 0.15) is 11.3 Å². The van der Waals surface area contributed by atoms with E-state index >= 15 is 0 Å². The van der Waals surface area contributed by atoms with Crippen molar-refractivity contribution in [1.82, 2.24) is 4.57 Å². The first-order chi connectivity index (χ1) is 56.7. The molecular formula is C111H79N3O. The molecule has 3 aliphatic carbocycles. The lowest BCUT2D eigenvalue weighted by atomic mass is 9.67. The summed E-state index contributed by atoms with van der Waals surface area (Å²) in [5.74, 6) is 0.848. The predicted octanol–water partition coefficient (Wildman–Crippen LogP) is 29.6. The number of aromatic nitrogens is 1. The van der Waals surface area contributed by atoms with Gasteiger partial charge in [-0.15, -0.1) is 0 Å². The first-order valence-corrected chi connectivity index (χ1v) is 40.2. The van der Waals surface area contributed by atoms with Crippen LogP contribution in [0.3, 0.4) is 0 Å². The van der Waals surface area contributed by atoms with Crippen LogP contribution in [0.1, 0.15) is 71.2 Å². The van der Waals surface area contributed by atoms with E-state index in [4.69, 9.17) is 4.42 Å². The number of benzene rings is 17. The number of hydrogen-bond acceptors (Lipinski definition) is 3. The second kappa shape index (κ2) is 27.0. The normalized spacial score (nSPS) is 15.3. The number of nitrogens with zero attached hydrogens (tertiary/aromatic N) is 3. The lowest BCUT2D eigenvalue weighted by Crippen LogP contribution is -2.29. The summed E-state index contributed by atoms with van der Waals surface area (Å²) in [5.41, 5.74) is 35.8. The van der Waals surface area contributed by atoms with Crippen molar-refractivity contribution in [2.24, 2.45) is 0 Å². The molecule has 0 fully saturated rings. The second-order valence-corrected chi connectivity index (χ2v) is 31.8.